The van der Waals surface area contributed by atoms with Crippen LogP contribution >= 0.6 is 0 Å². The summed E-state index contributed by atoms with van der Waals surface area (Å²) in [5.74, 6) is 0.814. The van der Waals surface area contributed by atoms with Crippen LogP contribution in [0.1, 0.15) is 32.6 Å². The average molecular weight is 212 g/mol. The number of hydrogen-bond donors (Lipinski definition) is 1. The fraction of sp³-hybridized carbons (Fsp3) is 1.00. The molecule has 0 radical (unpaired) electrons. The lowest BCUT2D eigenvalue weighted by Crippen LogP contribution is -2.53. The lowest BCUT2D eigenvalue weighted by atomic mass is 9.93. The van der Waals surface area contributed by atoms with Gasteiger partial charge in [-0.15, -0.1) is 0 Å². The summed E-state index contributed by atoms with van der Waals surface area (Å²) in [6.45, 7) is 5.06. The molecule has 0 spiro atoms. The largest absolute Gasteiger partial charge is 0.377 e. The molecule has 0 amide bonds. The van der Waals surface area contributed by atoms with Crippen LogP contribution in [0.3, 0.4) is 0 Å². The topological polar surface area (TPSA) is 38.5 Å². The van der Waals surface area contributed by atoms with Gasteiger partial charge in [-0.1, -0.05) is 0 Å². The molecule has 2 N–H and O–H groups in total. The average Bonchev–Trinajstić information content (AvgIpc) is 2.98. The van der Waals surface area contributed by atoms with Crippen molar-refractivity contribution < 1.29 is 4.74 Å². The van der Waals surface area contributed by atoms with Gasteiger partial charge in [0.25, 0.3) is 0 Å². The van der Waals surface area contributed by atoms with Crippen molar-refractivity contribution in [1.82, 2.24) is 4.90 Å². The summed E-state index contributed by atoms with van der Waals surface area (Å²) < 4.78 is 5.68. The zero-order valence-corrected chi connectivity index (χ0v) is 10.0. The third-order valence-corrected chi connectivity index (χ3v) is 4.24. The molecule has 1 aliphatic carbocycles. The highest BCUT2D eigenvalue weighted by Gasteiger charge is 2.43. The van der Waals surface area contributed by atoms with E-state index in [1.807, 2.05) is 0 Å². The van der Waals surface area contributed by atoms with Crippen LogP contribution in [0.15, 0.2) is 0 Å². The lowest BCUT2D eigenvalue weighted by molar-refractivity contribution is 0.0351. The minimum Gasteiger partial charge on any atom is -0.377 e. The maximum atomic E-state index is 5.94. The molecule has 0 aromatic heterocycles. The Morgan fingerprint density at radius 3 is 2.60 bits per heavy atom. The van der Waals surface area contributed by atoms with Crippen molar-refractivity contribution in [2.75, 3.05) is 26.7 Å². The Morgan fingerprint density at radius 1 is 1.40 bits per heavy atom. The maximum Gasteiger partial charge on any atom is 0.0702 e. The SMILES string of the molecule is CN(CC1CCCO1)C(C)(CN)C1CC1. The second kappa shape index (κ2) is 4.40. The van der Waals surface area contributed by atoms with Gasteiger partial charge in [-0.3, -0.25) is 4.90 Å². The molecule has 0 aromatic carbocycles. The Bertz CT molecular complexity index is 212. The van der Waals surface area contributed by atoms with Crippen molar-refractivity contribution in [1.29, 1.82) is 0 Å². The summed E-state index contributed by atoms with van der Waals surface area (Å²) in [5.41, 5.74) is 6.14. The first-order chi connectivity index (χ1) is 7.16. The number of nitrogens with two attached hydrogens (primary N) is 1. The summed E-state index contributed by atoms with van der Waals surface area (Å²) in [7, 11) is 2.20. The van der Waals surface area contributed by atoms with Crippen LogP contribution < -0.4 is 5.73 Å². The molecule has 1 saturated heterocycles. The van der Waals surface area contributed by atoms with Crippen LogP contribution in [0.2, 0.25) is 0 Å². The van der Waals surface area contributed by atoms with E-state index in [-0.39, 0.29) is 5.54 Å². The number of nitrogens with zero attached hydrogens (tertiary/aromatic N) is 1. The van der Waals surface area contributed by atoms with Crippen molar-refractivity contribution in [3.05, 3.63) is 0 Å². The van der Waals surface area contributed by atoms with Crippen molar-refractivity contribution >= 4 is 0 Å². The molecule has 0 aromatic rings. The van der Waals surface area contributed by atoms with E-state index >= 15 is 0 Å². The van der Waals surface area contributed by atoms with Gasteiger partial charge in [-0.05, 0) is 45.6 Å². The minimum absolute atomic E-state index is 0.200. The van der Waals surface area contributed by atoms with Gasteiger partial charge in [0.2, 0.25) is 0 Å². The number of likely N-dealkylation sites (N-methyl/N-ethyl adjacent to an activating group) is 1. The van der Waals surface area contributed by atoms with E-state index in [1.165, 1.54) is 25.7 Å². The van der Waals surface area contributed by atoms with E-state index in [4.69, 9.17) is 10.5 Å². The quantitative estimate of drug-likeness (QED) is 0.745. The molecule has 2 unspecified atom stereocenters. The predicted octanol–water partition coefficient (Wildman–Crippen LogP) is 1.22. The summed E-state index contributed by atoms with van der Waals surface area (Å²) in [4.78, 5) is 2.43. The molecule has 2 atom stereocenters. The number of hydrogen-bond acceptors (Lipinski definition) is 3. The van der Waals surface area contributed by atoms with Crippen LogP contribution in [-0.2, 0) is 4.74 Å². The Kier molecular flexibility index (Phi) is 3.33. The summed E-state index contributed by atoms with van der Waals surface area (Å²) in [5, 5.41) is 0. The van der Waals surface area contributed by atoms with E-state index in [0.29, 0.717) is 6.10 Å². The first kappa shape index (κ1) is 11.4. The molecular formula is C12H24N2O. The van der Waals surface area contributed by atoms with Crippen molar-refractivity contribution in [2.45, 2.75) is 44.2 Å². The molecule has 88 valence electrons. The summed E-state index contributed by atoms with van der Waals surface area (Å²) >= 11 is 0. The highest BCUT2D eigenvalue weighted by Crippen LogP contribution is 2.42. The third kappa shape index (κ3) is 2.35. The molecule has 3 nitrogen and oxygen atoms in total. The Balaban J connectivity index is 1.89. The molecular weight excluding hydrogens is 188 g/mol. The number of ether oxygens (including phenoxy) is 1. The fourth-order valence-corrected chi connectivity index (χ4v) is 2.64. The van der Waals surface area contributed by atoms with E-state index in [0.717, 1.165) is 25.6 Å². The molecule has 2 fully saturated rings. The second-order valence-corrected chi connectivity index (χ2v) is 5.35. The first-order valence-electron chi connectivity index (χ1n) is 6.19. The Labute approximate surface area is 93.0 Å². The molecule has 3 heteroatoms. The van der Waals surface area contributed by atoms with Gasteiger partial charge in [-0.2, -0.15) is 0 Å². The molecule has 1 heterocycles. The van der Waals surface area contributed by atoms with Crippen LogP contribution in [-0.4, -0.2) is 43.3 Å². The van der Waals surface area contributed by atoms with Crippen molar-refractivity contribution in [3.8, 4) is 0 Å². The van der Waals surface area contributed by atoms with Crippen molar-refractivity contribution in [2.24, 2.45) is 11.7 Å². The minimum atomic E-state index is 0.200. The molecule has 0 bridgehead atoms. The fourth-order valence-electron chi connectivity index (χ4n) is 2.64. The Morgan fingerprint density at radius 2 is 2.13 bits per heavy atom. The lowest BCUT2D eigenvalue weighted by Gasteiger charge is -2.39. The predicted molar refractivity (Wildman–Crippen MR) is 61.8 cm³/mol. The van der Waals surface area contributed by atoms with Gasteiger partial charge in [0, 0.05) is 25.2 Å². The second-order valence-electron chi connectivity index (χ2n) is 5.35. The Hall–Kier alpha value is -0.120. The summed E-state index contributed by atoms with van der Waals surface area (Å²) in [6, 6.07) is 0. The van der Waals surface area contributed by atoms with E-state index in [1.54, 1.807) is 0 Å². The number of rotatable bonds is 5. The molecule has 2 rings (SSSR count). The monoisotopic (exact) mass is 212 g/mol. The van der Waals surface area contributed by atoms with Crippen LogP contribution in [0, 0.1) is 5.92 Å². The normalized spacial score (nSPS) is 30.8. The van der Waals surface area contributed by atoms with E-state index < -0.39 is 0 Å². The van der Waals surface area contributed by atoms with Gasteiger partial charge >= 0.3 is 0 Å². The van der Waals surface area contributed by atoms with Crippen molar-refractivity contribution in [3.63, 3.8) is 0 Å². The van der Waals surface area contributed by atoms with Gasteiger partial charge in [-0.25, -0.2) is 0 Å². The maximum absolute atomic E-state index is 5.94. The van der Waals surface area contributed by atoms with E-state index in [9.17, 15) is 0 Å². The van der Waals surface area contributed by atoms with Crippen LogP contribution in [0.5, 0.6) is 0 Å². The highest BCUT2D eigenvalue weighted by molar-refractivity contribution is 4.99. The summed E-state index contributed by atoms with van der Waals surface area (Å²) in [6.07, 6.45) is 5.59. The van der Waals surface area contributed by atoms with Gasteiger partial charge in [0.05, 0.1) is 6.10 Å². The molecule has 1 aliphatic heterocycles. The van der Waals surface area contributed by atoms with Crippen LogP contribution in [0.4, 0.5) is 0 Å². The van der Waals surface area contributed by atoms with Crippen LogP contribution in [0.25, 0.3) is 0 Å². The molecule has 2 aliphatic rings. The standard InChI is InChI=1S/C12H24N2O/c1-12(9-13,10-5-6-10)14(2)8-11-4-3-7-15-11/h10-11H,3-9,13H2,1-2H3. The van der Waals surface area contributed by atoms with Gasteiger partial charge in [0.15, 0.2) is 0 Å². The zero-order valence-electron chi connectivity index (χ0n) is 10.0. The van der Waals surface area contributed by atoms with Gasteiger partial charge in [0.1, 0.15) is 0 Å². The molecule has 15 heavy (non-hydrogen) atoms. The third-order valence-electron chi connectivity index (χ3n) is 4.24. The smallest absolute Gasteiger partial charge is 0.0702 e. The first-order valence-corrected chi connectivity index (χ1v) is 6.19. The zero-order chi connectivity index (χ0) is 10.9. The molecule has 1 saturated carbocycles. The van der Waals surface area contributed by atoms with E-state index in [2.05, 4.69) is 18.9 Å². The highest BCUT2D eigenvalue weighted by atomic mass is 16.5. The van der Waals surface area contributed by atoms with Gasteiger partial charge < -0.3 is 10.5 Å².